The molecule has 1 saturated heterocycles. The summed E-state index contributed by atoms with van der Waals surface area (Å²) in [6.45, 7) is 6.83. The van der Waals surface area contributed by atoms with Crippen molar-refractivity contribution < 1.29 is 5.11 Å². The van der Waals surface area contributed by atoms with Gasteiger partial charge in [-0.2, -0.15) is 0 Å². The maximum atomic E-state index is 9.67. The highest BCUT2D eigenvalue weighted by Gasteiger charge is 2.39. The summed E-state index contributed by atoms with van der Waals surface area (Å²) < 4.78 is 0. The minimum absolute atomic E-state index is 0.00116. The number of piperidine rings is 1. The quantitative estimate of drug-likeness (QED) is 0.635. The van der Waals surface area contributed by atoms with Gasteiger partial charge in [0.05, 0.1) is 6.10 Å². The van der Waals surface area contributed by atoms with Crippen LogP contribution in [0.3, 0.4) is 0 Å². The zero-order chi connectivity index (χ0) is 8.72. The van der Waals surface area contributed by atoms with Crippen LogP contribution in [-0.4, -0.2) is 35.2 Å². The van der Waals surface area contributed by atoms with Crippen LogP contribution >= 0.6 is 0 Å². The molecule has 2 aliphatic rings. The van der Waals surface area contributed by atoms with Crippen molar-refractivity contribution in [2.24, 2.45) is 11.8 Å². The lowest BCUT2D eigenvalue weighted by molar-refractivity contribution is 0.0881. The topological polar surface area (TPSA) is 23.5 Å². The fraction of sp³-hybridized carbons (Fsp3) is 1.00. The molecular weight excluding hydrogens is 150 g/mol. The van der Waals surface area contributed by atoms with Crippen molar-refractivity contribution in [3.63, 3.8) is 0 Å². The van der Waals surface area contributed by atoms with E-state index in [0.717, 1.165) is 18.9 Å². The average Bonchev–Trinajstić information content (AvgIpc) is 2.26. The molecule has 0 aromatic heterocycles. The molecule has 3 unspecified atom stereocenters. The van der Waals surface area contributed by atoms with E-state index in [0.29, 0.717) is 12.0 Å². The number of rotatable bonds is 1. The van der Waals surface area contributed by atoms with Crippen LogP contribution in [0.1, 0.15) is 26.7 Å². The number of hydrogen-bond donors (Lipinski definition) is 1. The first-order valence-corrected chi connectivity index (χ1v) is 5.09. The van der Waals surface area contributed by atoms with E-state index in [1.807, 2.05) is 0 Å². The lowest BCUT2D eigenvalue weighted by Gasteiger charge is -2.34. The van der Waals surface area contributed by atoms with Crippen molar-refractivity contribution in [2.45, 2.75) is 38.8 Å². The van der Waals surface area contributed by atoms with Gasteiger partial charge in [0.1, 0.15) is 0 Å². The van der Waals surface area contributed by atoms with E-state index in [1.54, 1.807) is 0 Å². The number of hydrogen-bond acceptors (Lipinski definition) is 2. The van der Waals surface area contributed by atoms with E-state index in [9.17, 15) is 5.11 Å². The Kier molecular flexibility index (Phi) is 2.13. The van der Waals surface area contributed by atoms with E-state index < -0.39 is 0 Å². The molecule has 2 heteroatoms. The summed E-state index contributed by atoms with van der Waals surface area (Å²) in [6.07, 6.45) is 2.32. The molecule has 1 heterocycles. The van der Waals surface area contributed by atoms with E-state index in [1.165, 1.54) is 13.0 Å². The molecule has 0 aromatic rings. The predicted octanol–water partition coefficient (Wildman–Crippen LogP) is 1.10. The van der Waals surface area contributed by atoms with Crippen LogP contribution in [0.5, 0.6) is 0 Å². The van der Waals surface area contributed by atoms with Gasteiger partial charge in [0.15, 0.2) is 0 Å². The second-order valence-corrected chi connectivity index (χ2v) is 4.71. The minimum atomic E-state index is -0.00116. The summed E-state index contributed by atoms with van der Waals surface area (Å²) in [5.74, 6) is 1.35. The van der Waals surface area contributed by atoms with Crippen molar-refractivity contribution in [3.05, 3.63) is 0 Å². The molecule has 70 valence electrons. The third kappa shape index (κ3) is 1.38. The Labute approximate surface area is 74.6 Å². The van der Waals surface area contributed by atoms with Crippen molar-refractivity contribution in [1.29, 1.82) is 0 Å². The molecule has 0 aromatic carbocycles. The second kappa shape index (κ2) is 3.00. The molecule has 1 N–H and O–H groups in total. The second-order valence-electron chi connectivity index (χ2n) is 4.71. The molecule has 12 heavy (non-hydrogen) atoms. The Hall–Kier alpha value is -0.0800. The summed E-state index contributed by atoms with van der Waals surface area (Å²) >= 11 is 0. The molecule has 2 rings (SSSR count). The number of aliphatic hydroxyl groups excluding tert-OH is 1. The van der Waals surface area contributed by atoms with Gasteiger partial charge >= 0.3 is 0 Å². The van der Waals surface area contributed by atoms with Gasteiger partial charge in [-0.05, 0) is 38.5 Å². The fourth-order valence-corrected chi connectivity index (χ4v) is 2.69. The van der Waals surface area contributed by atoms with Crippen LogP contribution in [0.2, 0.25) is 0 Å². The monoisotopic (exact) mass is 169 g/mol. The van der Waals surface area contributed by atoms with Crippen molar-refractivity contribution in [2.75, 3.05) is 13.1 Å². The Morgan fingerprint density at radius 1 is 1.25 bits per heavy atom. The predicted molar refractivity (Wildman–Crippen MR) is 48.9 cm³/mol. The molecule has 2 nitrogen and oxygen atoms in total. The average molecular weight is 169 g/mol. The number of likely N-dealkylation sites (tertiary alicyclic amines) is 1. The van der Waals surface area contributed by atoms with Gasteiger partial charge in [-0.3, -0.25) is 0 Å². The van der Waals surface area contributed by atoms with Gasteiger partial charge in [0.2, 0.25) is 0 Å². The highest BCUT2D eigenvalue weighted by atomic mass is 16.3. The largest absolute Gasteiger partial charge is 0.393 e. The normalized spacial score (nSPS) is 42.5. The smallest absolute Gasteiger partial charge is 0.0583 e. The van der Waals surface area contributed by atoms with Gasteiger partial charge in [-0.15, -0.1) is 0 Å². The molecule has 3 atom stereocenters. The summed E-state index contributed by atoms with van der Waals surface area (Å²) in [5, 5.41) is 9.67. The first kappa shape index (κ1) is 8.52. The fourth-order valence-electron chi connectivity index (χ4n) is 2.69. The number of aliphatic hydroxyl groups is 1. The molecule has 2 bridgehead atoms. The maximum Gasteiger partial charge on any atom is 0.0583 e. The van der Waals surface area contributed by atoms with Crippen LogP contribution in [0.15, 0.2) is 0 Å². The molecular formula is C10H19NO. The lowest BCUT2D eigenvalue weighted by atomic mass is 9.97. The van der Waals surface area contributed by atoms with Crippen LogP contribution in [0.4, 0.5) is 0 Å². The zero-order valence-corrected chi connectivity index (χ0v) is 8.03. The molecule has 1 aliphatic carbocycles. The standard InChI is InChI=1S/C10H19NO/c1-7(2)11-5-8-3-9(6-11)10(12)4-8/h7-10,12H,3-6H2,1-2H3. The number of fused-ring (bicyclic) bond motifs is 2. The zero-order valence-electron chi connectivity index (χ0n) is 8.03. The maximum absolute atomic E-state index is 9.67. The summed E-state index contributed by atoms with van der Waals surface area (Å²) in [4.78, 5) is 2.51. The van der Waals surface area contributed by atoms with Gasteiger partial charge < -0.3 is 10.0 Å². The Morgan fingerprint density at radius 2 is 2.00 bits per heavy atom. The van der Waals surface area contributed by atoms with E-state index in [-0.39, 0.29) is 6.10 Å². The summed E-state index contributed by atoms with van der Waals surface area (Å²) in [6, 6.07) is 0.653. The van der Waals surface area contributed by atoms with Crippen molar-refractivity contribution in [3.8, 4) is 0 Å². The molecule has 0 amide bonds. The van der Waals surface area contributed by atoms with E-state index >= 15 is 0 Å². The Bertz CT molecular complexity index is 167. The number of nitrogens with zero attached hydrogens (tertiary/aromatic N) is 1. The molecule has 1 saturated carbocycles. The Balaban J connectivity index is 2.01. The summed E-state index contributed by atoms with van der Waals surface area (Å²) in [7, 11) is 0. The molecule has 1 aliphatic heterocycles. The summed E-state index contributed by atoms with van der Waals surface area (Å²) in [5.41, 5.74) is 0. The SMILES string of the molecule is CC(C)N1CC2CC(O)C(C2)C1. The van der Waals surface area contributed by atoms with Crippen LogP contribution in [-0.2, 0) is 0 Å². The highest BCUT2D eigenvalue weighted by molar-refractivity contribution is 4.91. The molecule has 2 fully saturated rings. The Morgan fingerprint density at radius 3 is 2.58 bits per heavy atom. The van der Waals surface area contributed by atoms with Gasteiger partial charge in [0, 0.05) is 19.1 Å². The first-order chi connectivity index (χ1) is 5.66. The van der Waals surface area contributed by atoms with Crippen LogP contribution in [0.25, 0.3) is 0 Å². The van der Waals surface area contributed by atoms with Gasteiger partial charge in [0.25, 0.3) is 0 Å². The van der Waals surface area contributed by atoms with E-state index in [4.69, 9.17) is 0 Å². The first-order valence-electron chi connectivity index (χ1n) is 5.09. The van der Waals surface area contributed by atoms with E-state index in [2.05, 4.69) is 18.7 Å². The molecule has 0 radical (unpaired) electrons. The van der Waals surface area contributed by atoms with Gasteiger partial charge in [-0.25, -0.2) is 0 Å². The third-order valence-corrected chi connectivity index (χ3v) is 3.45. The van der Waals surface area contributed by atoms with Crippen molar-refractivity contribution in [1.82, 2.24) is 4.90 Å². The molecule has 0 spiro atoms. The highest BCUT2D eigenvalue weighted by Crippen LogP contribution is 2.37. The third-order valence-electron chi connectivity index (χ3n) is 3.45. The van der Waals surface area contributed by atoms with Crippen molar-refractivity contribution >= 4 is 0 Å². The van der Waals surface area contributed by atoms with Crippen LogP contribution < -0.4 is 0 Å². The minimum Gasteiger partial charge on any atom is -0.393 e. The van der Waals surface area contributed by atoms with Gasteiger partial charge in [-0.1, -0.05) is 0 Å². The lowest BCUT2D eigenvalue weighted by Crippen LogP contribution is -2.41. The van der Waals surface area contributed by atoms with Crippen LogP contribution in [0, 0.1) is 11.8 Å².